The zero-order chi connectivity index (χ0) is 22.2. The molecule has 0 atom stereocenters. The van der Waals surface area contributed by atoms with Gasteiger partial charge in [-0.15, -0.1) is 0 Å². The molecule has 0 saturated carbocycles. The summed E-state index contributed by atoms with van der Waals surface area (Å²) in [4.78, 5) is 3.41. The van der Waals surface area contributed by atoms with Crippen LogP contribution in [0, 0.1) is 23.5 Å². The van der Waals surface area contributed by atoms with Gasteiger partial charge in [-0.1, -0.05) is 72.8 Å². The van der Waals surface area contributed by atoms with Crippen molar-refractivity contribution in [1.29, 1.82) is 0 Å². The first-order valence-corrected chi connectivity index (χ1v) is 10.4. The Bertz CT molecular complexity index is 1210. The highest BCUT2D eigenvalue weighted by Gasteiger charge is 2.09. The summed E-state index contributed by atoms with van der Waals surface area (Å²) in [7, 11) is 0. The van der Waals surface area contributed by atoms with Gasteiger partial charge in [0.25, 0.3) is 0 Å². The minimum Gasteiger partial charge on any atom is -0.204 e. The van der Waals surface area contributed by atoms with E-state index in [1.165, 1.54) is 12.1 Å². The molecule has 0 radical (unpaired) electrons. The van der Waals surface area contributed by atoms with Gasteiger partial charge in [0, 0.05) is 22.6 Å². The first kappa shape index (κ1) is 22.6. The molecule has 0 aromatic heterocycles. The number of aliphatic imine (C=N–C) groups is 1. The van der Waals surface area contributed by atoms with E-state index in [4.69, 9.17) is 11.6 Å². The Labute approximate surface area is 191 Å². The van der Waals surface area contributed by atoms with Gasteiger partial charge in [0.15, 0.2) is 11.6 Å². The average molecular weight is 450 g/mol. The molecule has 1 nitrogen and oxygen atoms in total. The number of thiocarbonyl (C=S) groups is 1. The number of rotatable bonds is 5. The molecule has 0 aliphatic carbocycles. The fraction of sp³-hybridized carbons (Fsp3) is 0.115. The molecule has 0 saturated heterocycles. The van der Waals surface area contributed by atoms with Crippen molar-refractivity contribution in [3.63, 3.8) is 0 Å². The maximum absolute atomic E-state index is 13.9. The lowest BCUT2D eigenvalue weighted by atomic mass is 10.0. The van der Waals surface area contributed by atoms with E-state index in [9.17, 15) is 8.78 Å². The number of hydrogen-bond donors (Lipinski definition) is 0. The topological polar surface area (TPSA) is 12.4 Å². The lowest BCUT2D eigenvalue weighted by Crippen LogP contribution is -1.85. The second kappa shape index (κ2) is 10.8. The summed E-state index contributed by atoms with van der Waals surface area (Å²) in [5.41, 5.74) is 3.60. The maximum Gasteiger partial charge on any atom is 0.153 e. The molecule has 31 heavy (non-hydrogen) atoms. The number of nitrogens with zero attached hydrogens (tertiary/aromatic N) is 1. The Balaban J connectivity index is 1.78. The number of benzene rings is 3. The van der Waals surface area contributed by atoms with Gasteiger partial charge in [0.2, 0.25) is 0 Å². The van der Waals surface area contributed by atoms with Gasteiger partial charge in [-0.05, 0) is 59.6 Å². The average Bonchev–Trinajstić information content (AvgIpc) is 2.76. The summed E-state index contributed by atoms with van der Waals surface area (Å²) in [6.45, 7) is 2.09. The van der Waals surface area contributed by atoms with Gasteiger partial charge in [0.05, 0.1) is 5.16 Å². The summed E-state index contributed by atoms with van der Waals surface area (Å²) in [6.07, 6.45) is 5.28. The van der Waals surface area contributed by atoms with Gasteiger partial charge >= 0.3 is 0 Å². The standard InChI is InChI=1S/C26H18ClF2NS/c1-2-3-4-5-19-10-13-22(23(27)14-19)21-11-8-18(9-12-21)6-7-20-15-24(28)26(30-17-31)25(29)16-20/h6-16H,2-3H2,1H3/b7-6+. The fourth-order valence-electron chi connectivity index (χ4n) is 2.92. The molecular formula is C26H18ClF2NS. The molecule has 0 amide bonds. The van der Waals surface area contributed by atoms with Crippen molar-refractivity contribution >= 4 is 46.8 Å². The van der Waals surface area contributed by atoms with Gasteiger partial charge in [-0.3, -0.25) is 0 Å². The van der Waals surface area contributed by atoms with Crippen LogP contribution in [-0.2, 0) is 0 Å². The molecule has 0 heterocycles. The molecule has 3 aromatic rings. The van der Waals surface area contributed by atoms with Crippen LogP contribution in [0.1, 0.15) is 36.5 Å². The largest absolute Gasteiger partial charge is 0.204 e. The third-order valence-corrected chi connectivity index (χ3v) is 4.87. The van der Waals surface area contributed by atoms with E-state index >= 15 is 0 Å². The van der Waals surface area contributed by atoms with Crippen molar-refractivity contribution in [2.75, 3.05) is 0 Å². The first-order valence-electron chi connectivity index (χ1n) is 9.65. The van der Waals surface area contributed by atoms with Crippen molar-refractivity contribution < 1.29 is 8.78 Å². The smallest absolute Gasteiger partial charge is 0.153 e. The zero-order valence-corrected chi connectivity index (χ0v) is 18.3. The maximum atomic E-state index is 13.9. The monoisotopic (exact) mass is 449 g/mol. The summed E-state index contributed by atoms with van der Waals surface area (Å²) in [5, 5.41) is 2.61. The van der Waals surface area contributed by atoms with Gasteiger partial charge in [0.1, 0.15) is 5.69 Å². The van der Waals surface area contributed by atoms with Gasteiger partial charge in [-0.2, -0.15) is 4.99 Å². The van der Waals surface area contributed by atoms with E-state index < -0.39 is 17.3 Å². The molecular weight excluding hydrogens is 432 g/mol. The second-order valence-corrected chi connectivity index (χ2v) is 7.33. The minimum absolute atomic E-state index is 0.380. The SMILES string of the molecule is CCCC#Cc1ccc(-c2ccc(/C=C/c3cc(F)c(N=C=S)c(F)c3)cc2)c(Cl)c1. The fourth-order valence-corrected chi connectivity index (χ4v) is 3.30. The van der Waals surface area contributed by atoms with Crippen molar-refractivity contribution in [3.8, 4) is 23.0 Å². The van der Waals surface area contributed by atoms with E-state index in [0.717, 1.165) is 35.1 Å². The van der Waals surface area contributed by atoms with Crippen molar-refractivity contribution in [1.82, 2.24) is 0 Å². The molecule has 0 fully saturated rings. The predicted molar refractivity (Wildman–Crippen MR) is 129 cm³/mol. The van der Waals surface area contributed by atoms with E-state index in [0.29, 0.717) is 10.6 Å². The highest BCUT2D eigenvalue weighted by molar-refractivity contribution is 7.78. The van der Waals surface area contributed by atoms with Crippen LogP contribution in [0.3, 0.4) is 0 Å². The van der Waals surface area contributed by atoms with Crippen LogP contribution in [-0.4, -0.2) is 5.16 Å². The molecule has 0 bridgehead atoms. The van der Waals surface area contributed by atoms with Crippen molar-refractivity contribution in [2.24, 2.45) is 4.99 Å². The van der Waals surface area contributed by atoms with E-state index in [1.54, 1.807) is 12.2 Å². The van der Waals surface area contributed by atoms with Crippen molar-refractivity contribution in [2.45, 2.75) is 19.8 Å². The van der Waals surface area contributed by atoms with E-state index in [2.05, 4.69) is 36.0 Å². The van der Waals surface area contributed by atoms with Gasteiger partial charge in [-0.25, -0.2) is 8.78 Å². The first-order chi connectivity index (χ1) is 15.0. The lowest BCUT2D eigenvalue weighted by Gasteiger charge is -2.06. The highest BCUT2D eigenvalue weighted by Crippen LogP contribution is 2.29. The van der Waals surface area contributed by atoms with Crippen LogP contribution in [0.4, 0.5) is 14.5 Å². The lowest BCUT2D eigenvalue weighted by molar-refractivity contribution is 0.587. The number of halogens is 3. The summed E-state index contributed by atoms with van der Waals surface area (Å²) < 4.78 is 27.9. The normalized spacial score (nSPS) is 10.5. The number of unbranched alkanes of at least 4 members (excludes halogenated alkanes) is 1. The predicted octanol–water partition coefficient (Wildman–Crippen LogP) is 8.34. The summed E-state index contributed by atoms with van der Waals surface area (Å²) in [6, 6.07) is 15.9. The van der Waals surface area contributed by atoms with Crippen LogP contribution >= 0.6 is 23.8 Å². The van der Waals surface area contributed by atoms with Crippen LogP contribution in [0.15, 0.2) is 59.6 Å². The number of hydrogen-bond acceptors (Lipinski definition) is 2. The molecule has 154 valence electrons. The Morgan fingerprint density at radius 3 is 2.26 bits per heavy atom. The van der Waals surface area contributed by atoms with Gasteiger partial charge < -0.3 is 0 Å². The molecule has 5 heteroatoms. The molecule has 3 aromatic carbocycles. The summed E-state index contributed by atoms with van der Waals surface area (Å²) >= 11 is 10.9. The Morgan fingerprint density at radius 2 is 1.65 bits per heavy atom. The third-order valence-electron chi connectivity index (χ3n) is 4.46. The number of isothiocyanates is 1. The third kappa shape index (κ3) is 5.96. The zero-order valence-electron chi connectivity index (χ0n) is 16.8. The molecule has 0 N–H and O–H groups in total. The Morgan fingerprint density at radius 1 is 0.968 bits per heavy atom. The van der Waals surface area contributed by atoms with E-state index in [1.807, 2.05) is 47.6 Å². The van der Waals surface area contributed by atoms with Crippen LogP contribution in [0.5, 0.6) is 0 Å². The minimum atomic E-state index is -0.787. The molecule has 0 spiro atoms. The van der Waals surface area contributed by atoms with Crippen molar-refractivity contribution in [3.05, 3.63) is 87.9 Å². The molecule has 0 unspecified atom stereocenters. The summed E-state index contributed by atoms with van der Waals surface area (Å²) in [5.74, 6) is 4.65. The molecule has 0 aliphatic heterocycles. The Kier molecular flexibility index (Phi) is 7.87. The van der Waals surface area contributed by atoms with Crippen LogP contribution in [0.2, 0.25) is 5.02 Å². The van der Waals surface area contributed by atoms with E-state index in [-0.39, 0.29) is 0 Å². The Hall–Kier alpha value is -3.09. The van der Waals surface area contributed by atoms with Crippen LogP contribution < -0.4 is 0 Å². The second-order valence-electron chi connectivity index (χ2n) is 6.74. The molecule has 0 aliphatic rings. The molecule has 3 rings (SSSR count). The quantitative estimate of drug-likeness (QED) is 0.165. The highest BCUT2D eigenvalue weighted by atomic mass is 35.5. The van der Waals surface area contributed by atoms with Crippen LogP contribution in [0.25, 0.3) is 23.3 Å².